The first-order valence-electron chi connectivity index (χ1n) is 6.37. The number of hydrogen-bond donors (Lipinski definition) is 1. The molecule has 106 valence electrons. The second-order valence-corrected chi connectivity index (χ2v) is 5.18. The first-order valence-corrected chi connectivity index (χ1v) is 7.16. The summed E-state index contributed by atoms with van der Waals surface area (Å²) >= 11 is 3.29. The highest BCUT2D eigenvalue weighted by molar-refractivity contribution is 9.10. The number of halogens is 2. The molecule has 0 amide bonds. The van der Waals surface area contributed by atoms with Gasteiger partial charge in [-0.2, -0.15) is 0 Å². The summed E-state index contributed by atoms with van der Waals surface area (Å²) in [5.74, 6) is -0.697. The lowest BCUT2D eigenvalue weighted by Crippen LogP contribution is -2.36. The molecular weight excluding hydrogens is 313 g/mol. The summed E-state index contributed by atoms with van der Waals surface area (Å²) in [6.07, 6.45) is 0.884. The minimum Gasteiger partial charge on any atom is -0.465 e. The van der Waals surface area contributed by atoms with E-state index in [1.807, 2.05) is 13.8 Å². The monoisotopic (exact) mass is 331 g/mol. The van der Waals surface area contributed by atoms with Crippen LogP contribution in [0.25, 0.3) is 0 Å². The highest BCUT2D eigenvalue weighted by Crippen LogP contribution is 2.26. The van der Waals surface area contributed by atoms with E-state index < -0.39 is 6.04 Å². The molecule has 3 nitrogen and oxygen atoms in total. The molecule has 0 fully saturated rings. The van der Waals surface area contributed by atoms with Crippen LogP contribution in [0.5, 0.6) is 0 Å². The third kappa shape index (κ3) is 4.58. The van der Waals surface area contributed by atoms with Gasteiger partial charge < -0.3 is 4.74 Å². The first kappa shape index (κ1) is 16.1. The second kappa shape index (κ2) is 7.60. The fourth-order valence-electron chi connectivity index (χ4n) is 1.65. The molecule has 0 heterocycles. The molecule has 0 saturated carbocycles. The van der Waals surface area contributed by atoms with Crippen molar-refractivity contribution in [3.63, 3.8) is 0 Å². The highest BCUT2D eigenvalue weighted by atomic mass is 79.9. The fourth-order valence-corrected chi connectivity index (χ4v) is 2.23. The zero-order chi connectivity index (χ0) is 14.4. The quantitative estimate of drug-likeness (QED) is 0.809. The smallest absolute Gasteiger partial charge is 0.327 e. The van der Waals surface area contributed by atoms with Gasteiger partial charge in [-0.05, 0) is 38.0 Å². The topological polar surface area (TPSA) is 38.3 Å². The summed E-state index contributed by atoms with van der Waals surface area (Å²) in [6, 6.07) is 3.84. The van der Waals surface area contributed by atoms with Crippen LogP contribution in [0.2, 0.25) is 0 Å². The van der Waals surface area contributed by atoms with Gasteiger partial charge in [0.25, 0.3) is 0 Å². The van der Waals surface area contributed by atoms with Crippen LogP contribution < -0.4 is 5.32 Å². The Labute approximate surface area is 121 Å². The SMILES string of the molecule is CCOC(=O)C(NC(C)CC)c1ccc(F)cc1Br. The van der Waals surface area contributed by atoms with E-state index >= 15 is 0 Å². The standard InChI is InChI=1S/C14H19BrFNO2/c1-4-9(3)17-13(14(18)19-5-2)11-7-6-10(16)8-12(11)15/h6-9,13,17H,4-5H2,1-3H3. The van der Waals surface area contributed by atoms with Crippen LogP contribution in [0.3, 0.4) is 0 Å². The Bertz CT molecular complexity index is 439. The number of nitrogens with one attached hydrogen (secondary N) is 1. The Balaban J connectivity index is 3.03. The second-order valence-electron chi connectivity index (χ2n) is 4.33. The van der Waals surface area contributed by atoms with E-state index in [0.29, 0.717) is 16.6 Å². The van der Waals surface area contributed by atoms with Crippen molar-refractivity contribution in [2.24, 2.45) is 0 Å². The van der Waals surface area contributed by atoms with Crippen molar-refractivity contribution in [1.29, 1.82) is 0 Å². The van der Waals surface area contributed by atoms with Crippen LogP contribution in [-0.2, 0) is 9.53 Å². The van der Waals surface area contributed by atoms with Crippen LogP contribution >= 0.6 is 15.9 Å². The Morgan fingerprint density at radius 1 is 1.47 bits per heavy atom. The lowest BCUT2D eigenvalue weighted by molar-refractivity contribution is -0.146. The molecule has 1 aromatic carbocycles. The van der Waals surface area contributed by atoms with E-state index in [9.17, 15) is 9.18 Å². The number of benzene rings is 1. The van der Waals surface area contributed by atoms with Crippen LogP contribution in [0, 0.1) is 5.82 Å². The molecular formula is C14H19BrFNO2. The number of carbonyl (C=O) groups excluding carboxylic acids is 1. The van der Waals surface area contributed by atoms with Gasteiger partial charge in [-0.15, -0.1) is 0 Å². The van der Waals surface area contributed by atoms with Crippen LogP contribution in [-0.4, -0.2) is 18.6 Å². The van der Waals surface area contributed by atoms with Gasteiger partial charge in [0, 0.05) is 10.5 Å². The number of esters is 1. The molecule has 1 N–H and O–H groups in total. The molecule has 0 aliphatic heterocycles. The van der Waals surface area contributed by atoms with E-state index in [-0.39, 0.29) is 17.8 Å². The van der Waals surface area contributed by atoms with Crippen LogP contribution in [0.4, 0.5) is 4.39 Å². The van der Waals surface area contributed by atoms with Crippen molar-refractivity contribution >= 4 is 21.9 Å². The summed E-state index contributed by atoms with van der Waals surface area (Å²) in [5.41, 5.74) is 0.681. The van der Waals surface area contributed by atoms with Crippen molar-refractivity contribution in [3.05, 3.63) is 34.1 Å². The normalized spacial score (nSPS) is 13.9. The minimum absolute atomic E-state index is 0.159. The van der Waals surface area contributed by atoms with Gasteiger partial charge in [-0.25, -0.2) is 9.18 Å². The van der Waals surface area contributed by atoms with Gasteiger partial charge in [0.15, 0.2) is 0 Å². The van der Waals surface area contributed by atoms with Crippen molar-refractivity contribution in [2.75, 3.05) is 6.61 Å². The maximum Gasteiger partial charge on any atom is 0.327 e. The van der Waals surface area contributed by atoms with E-state index in [1.54, 1.807) is 13.0 Å². The summed E-state index contributed by atoms with van der Waals surface area (Å²) in [4.78, 5) is 12.0. The lowest BCUT2D eigenvalue weighted by atomic mass is 10.1. The number of ether oxygens (including phenoxy) is 1. The predicted molar refractivity (Wildman–Crippen MR) is 76.4 cm³/mol. The average Bonchev–Trinajstić information content (AvgIpc) is 2.36. The molecule has 0 spiro atoms. The Hall–Kier alpha value is -0.940. The maximum atomic E-state index is 13.1. The summed E-state index contributed by atoms with van der Waals surface area (Å²) in [5, 5.41) is 3.20. The summed E-state index contributed by atoms with van der Waals surface area (Å²) < 4.78 is 18.8. The zero-order valence-electron chi connectivity index (χ0n) is 11.4. The van der Waals surface area contributed by atoms with Crippen molar-refractivity contribution in [3.8, 4) is 0 Å². The van der Waals surface area contributed by atoms with E-state index in [0.717, 1.165) is 6.42 Å². The van der Waals surface area contributed by atoms with E-state index in [2.05, 4.69) is 21.2 Å². The van der Waals surface area contributed by atoms with Crippen LogP contribution in [0.15, 0.2) is 22.7 Å². The lowest BCUT2D eigenvalue weighted by Gasteiger charge is -2.22. The van der Waals surface area contributed by atoms with E-state index in [1.165, 1.54) is 12.1 Å². The molecule has 0 aliphatic rings. The molecule has 0 saturated heterocycles. The van der Waals surface area contributed by atoms with Gasteiger partial charge in [0.1, 0.15) is 11.9 Å². The van der Waals surface area contributed by atoms with Gasteiger partial charge in [-0.3, -0.25) is 5.32 Å². The Kier molecular flexibility index (Phi) is 6.45. The van der Waals surface area contributed by atoms with Crippen molar-refractivity contribution < 1.29 is 13.9 Å². The van der Waals surface area contributed by atoms with E-state index in [4.69, 9.17) is 4.74 Å². The van der Waals surface area contributed by atoms with Gasteiger partial charge >= 0.3 is 5.97 Å². The highest BCUT2D eigenvalue weighted by Gasteiger charge is 2.25. The number of rotatable bonds is 6. The molecule has 5 heteroatoms. The fraction of sp³-hybridized carbons (Fsp3) is 0.500. The number of hydrogen-bond acceptors (Lipinski definition) is 3. The Morgan fingerprint density at radius 2 is 2.16 bits per heavy atom. The molecule has 0 bridgehead atoms. The molecule has 1 aromatic rings. The van der Waals surface area contributed by atoms with Gasteiger partial charge in [0.2, 0.25) is 0 Å². The van der Waals surface area contributed by atoms with Crippen molar-refractivity contribution in [1.82, 2.24) is 5.32 Å². The summed E-state index contributed by atoms with van der Waals surface area (Å²) in [7, 11) is 0. The third-order valence-corrected chi connectivity index (χ3v) is 3.55. The molecule has 1 rings (SSSR count). The molecule has 0 aliphatic carbocycles. The van der Waals surface area contributed by atoms with Gasteiger partial charge in [0.05, 0.1) is 6.61 Å². The molecule has 19 heavy (non-hydrogen) atoms. The predicted octanol–water partition coefficient (Wildman–Crippen LogP) is 3.58. The molecule has 2 unspecified atom stereocenters. The maximum absolute atomic E-state index is 13.1. The largest absolute Gasteiger partial charge is 0.465 e. The third-order valence-electron chi connectivity index (χ3n) is 2.86. The van der Waals surface area contributed by atoms with Crippen molar-refractivity contribution in [2.45, 2.75) is 39.3 Å². The Morgan fingerprint density at radius 3 is 2.68 bits per heavy atom. The molecule has 2 atom stereocenters. The number of carbonyl (C=O) groups is 1. The first-order chi connectivity index (χ1) is 8.99. The minimum atomic E-state index is -0.593. The summed E-state index contributed by atoms with van der Waals surface area (Å²) in [6.45, 7) is 6.09. The molecule has 0 radical (unpaired) electrons. The van der Waals surface area contributed by atoms with Crippen LogP contribution in [0.1, 0.15) is 38.8 Å². The zero-order valence-corrected chi connectivity index (χ0v) is 13.0. The average molecular weight is 332 g/mol. The molecule has 0 aromatic heterocycles. The van der Waals surface area contributed by atoms with Gasteiger partial charge in [-0.1, -0.05) is 28.9 Å².